The normalized spacial score (nSPS) is 29.2. The highest BCUT2D eigenvalue weighted by Gasteiger charge is 2.41. The Bertz CT molecular complexity index is 252. The fourth-order valence-electron chi connectivity index (χ4n) is 4.19. The van der Waals surface area contributed by atoms with Gasteiger partial charge in [0.05, 0.1) is 0 Å². The number of rotatable bonds is 7. The Labute approximate surface area is 120 Å². The Hall–Kier alpha value is -0.120. The Morgan fingerprint density at radius 1 is 1.26 bits per heavy atom. The van der Waals surface area contributed by atoms with Gasteiger partial charge in [0.15, 0.2) is 0 Å². The van der Waals surface area contributed by atoms with E-state index in [0.29, 0.717) is 6.04 Å². The van der Waals surface area contributed by atoms with Crippen LogP contribution in [0.25, 0.3) is 0 Å². The van der Waals surface area contributed by atoms with Crippen LogP contribution in [-0.4, -0.2) is 29.6 Å². The van der Waals surface area contributed by atoms with Crippen molar-refractivity contribution in [1.29, 1.82) is 0 Å². The topological polar surface area (TPSA) is 41.3 Å². The first-order chi connectivity index (χ1) is 9.03. The Morgan fingerprint density at radius 2 is 1.89 bits per heavy atom. The molecule has 3 N–H and O–H groups in total. The van der Waals surface area contributed by atoms with Crippen molar-refractivity contribution in [3.8, 4) is 0 Å². The second kappa shape index (κ2) is 7.61. The summed E-state index contributed by atoms with van der Waals surface area (Å²) in [5, 5.41) is 0. The SMILES string of the molecule is CCN(CC)C(C)(CC)C(NN)C1CCCC(C)C1. The Balaban J connectivity index is 2.90. The molecule has 0 amide bonds. The zero-order chi connectivity index (χ0) is 14.5. The van der Waals surface area contributed by atoms with Crippen molar-refractivity contribution >= 4 is 0 Å². The number of hydrazine groups is 1. The third-order valence-corrected chi connectivity index (χ3v) is 5.50. The van der Waals surface area contributed by atoms with Gasteiger partial charge in [-0.2, -0.15) is 0 Å². The molecule has 0 spiro atoms. The average Bonchev–Trinajstić information content (AvgIpc) is 2.41. The van der Waals surface area contributed by atoms with Gasteiger partial charge in [-0.05, 0) is 51.1 Å². The van der Waals surface area contributed by atoms with Crippen LogP contribution in [0.4, 0.5) is 0 Å². The molecule has 0 aromatic heterocycles. The molecule has 19 heavy (non-hydrogen) atoms. The third-order valence-electron chi connectivity index (χ3n) is 5.50. The van der Waals surface area contributed by atoms with Gasteiger partial charge >= 0.3 is 0 Å². The molecule has 0 aromatic carbocycles. The maximum absolute atomic E-state index is 5.98. The first-order valence-electron chi connectivity index (χ1n) is 8.24. The first kappa shape index (κ1) is 16.9. The molecule has 0 aliphatic heterocycles. The largest absolute Gasteiger partial charge is 0.297 e. The van der Waals surface area contributed by atoms with Crippen molar-refractivity contribution in [3.05, 3.63) is 0 Å². The minimum atomic E-state index is 0.167. The number of hydrogen-bond acceptors (Lipinski definition) is 3. The molecular weight excluding hydrogens is 234 g/mol. The van der Waals surface area contributed by atoms with E-state index in [2.05, 4.69) is 44.9 Å². The highest BCUT2D eigenvalue weighted by Crippen LogP contribution is 2.37. The predicted octanol–water partition coefficient (Wildman–Crippen LogP) is 3.16. The molecule has 0 radical (unpaired) electrons. The molecule has 0 bridgehead atoms. The van der Waals surface area contributed by atoms with Crippen LogP contribution >= 0.6 is 0 Å². The fourth-order valence-corrected chi connectivity index (χ4v) is 4.19. The van der Waals surface area contributed by atoms with Crippen molar-refractivity contribution < 1.29 is 0 Å². The quantitative estimate of drug-likeness (QED) is 0.551. The molecule has 1 saturated carbocycles. The van der Waals surface area contributed by atoms with E-state index in [-0.39, 0.29) is 5.54 Å². The van der Waals surface area contributed by atoms with Gasteiger partial charge in [0, 0.05) is 11.6 Å². The van der Waals surface area contributed by atoms with Crippen LogP contribution in [0.5, 0.6) is 0 Å². The maximum atomic E-state index is 5.98. The van der Waals surface area contributed by atoms with Crippen LogP contribution in [0.3, 0.4) is 0 Å². The fraction of sp³-hybridized carbons (Fsp3) is 1.00. The average molecular weight is 269 g/mol. The lowest BCUT2D eigenvalue weighted by Crippen LogP contribution is -2.63. The van der Waals surface area contributed by atoms with E-state index in [4.69, 9.17) is 5.84 Å². The van der Waals surface area contributed by atoms with Crippen LogP contribution in [0.1, 0.15) is 66.7 Å². The highest BCUT2D eigenvalue weighted by molar-refractivity contribution is 4.99. The summed E-state index contributed by atoms with van der Waals surface area (Å²) in [7, 11) is 0. The molecule has 1 rings (SSSR count). The second-order valence-corrected chi connectivity index (χ2v) is 6.56. The van der Waals surface area contributed by atoms with Gasteiger partial charge in [0.25, 0.3) is 0 Å². The highest BCUT2D eigenvalue weighted by atomic mass is 15.3. The Morgan fingerprint density at radius 3 is 2.32 bits per heavy atom. The zero-order valence-corrected chi connectivity index (χ0v) is 13.7. The van der Waals surface area contributed by atoms with Crippen molar-refractivity contribution in [2.45, 2.75) is 78.3 Å². The number of hydrogen-bond donors (Lipinski definition) is 2. The minimum Gasteiger partial charge on any atom is -0.297 e. The van der Waals surface area contributed by atoms with Crippen LogP contribution in [0.2, 0.25) is 0 Å². The summed E-state index contributed by atoms with van der Waals surface area (Å²) in [6.45, 7) is 13.8. The molecule has 3 nitrogen and oxygen atoms in total. The van der Waals surface area contributed by atoms with Gasteiger partial charge in [-0.1, -0.05) is 40.5 Å². The van der Waals surface area contributed by atoms with Gasteiger partial charge < -0.3 is 0 Å². The number of nitrogens with zero attached hydrogens (tertiary/aromatic N) is 1. The van der Waals surface area contributed by atoms with Gasteiger partial charge in [-0.25, -0.2) is 0 Å². The maximum Gasteiger partial charge on any atom is 0.0420 e. The summed E-state index contributed by atoms with van der Waals surface area (Å²) in [5.74, 6) is 7.56. The molecule has 1 aliphatic carbocycles. The van der Waals surface area contributed by atoms with Gasteiger partial charge in [-0.15, -0.1) is 0 Å². The van der Waals surface area contributed by atoms with E-state index in [1.165, 1.54) is 25.7 Å². The van der Waals surface area contributed by atoms with Crippen LogP contribution < -0.4 is 11.3 Å². The minimum absolute atomic E-state index is 0.167. The molecule has 0 aromatic rings. The zero-order valence-electron chi connectivity index (χ0n) is 13.7. The smallest absolute Gasteiger partial charge is 0.0420 e. The summed E-state index contributed by atoms with van der Waals surface area (Å²) < 4.78 is 0. The van der Waals surface area contributed by atoms with E-state index in [0.717, 1.165) is 31.3 Å². The standard InChI is InChI=1S/C16H35N3/c1-6-16(5,19(7-2)8-3)15(18-17)14-11-9-10-13(4)12-14/h13-15,18H,6-12,17H2,1-5H3. The molecular formula is C16H35N3. The van der Waals surface area contributed by atoms with E-state index >= 15 is 0 Å². The van der Waals surface area contributed by atoms with Gasteiger partial charge in [0.1, 0.15) is 0 Å². The summed E-state index contributed by atoms with van der Waals surface area (Å²) in [6.07, 6.45) is 6.56. The molecule has 0 heterocycles. The van der Waals surface area contributed by atoms with Crippen molar-refractivity contribution in [2.75, 3.05) is 13.1 Å². The lowest BCUT2D eigenvalue weighted by molar-refractivity contribution is 0.0313. The second-order valence-electron chi connectivity index (χ2n) is 6.56. The van der Waals surface area contributed by atoms with Crippen molar-refractivity contribution in [2.24, 2.45) is 17.7 Å². The molecule has 1 aliphatic rings. The number of nitrogens with two attached hydrogens (primary N) is 1. The van der Waals surface area contributed by atoms with Crippen LogP contribution in [-0.2, 0) is 0 Å². The summed E-state index contributed by atoms with van der Waals surface area (Å²) in [5.41, 5.74) is 3.36. The third kappa shape index (κ3) is 3.71. The molecule has 4 atom stereocenters. The van der Waals surface area contributed by atoms with Crippen LogP contribution in [0, 0.1) is 11.8 Å². The van der Waals surface area contributed by atoms with Crippen LogP contribution in [0.15, 0.2) is 0 Å². The van der Waals surface area contributed by atoms with E-state index < -0.39 is 0 Å². The van der Waals surface area contributed by atoms with E-state index in [1.807, 2.05) is 0 Å². The molecule has 1 fully saturated rings. The van der Waals surface area contributed by atoms with Crippen molar-refractivity contribution in [1.82, 2.24) is 10.3 Å². The lowest BCUT2D eigenvalue weighted by atomic mass is 9.71. The van der Waals surface area contributed by atoms with E-state index in [1.54, 1.807) is 0 Å². The molecule has 3 heteroatoms. The lowest BCUT2D eigenvalue weighted by Gasteiger charge is -2.49. The van der Waals surface area contributed by atoms with E-state index in [9.17, 15) is 0 Å². The van der Waals surface area contributed by atoms with Gasteiger partial charge in [-0.3, -0.25) is 16.2 Å². The molecule has 114 valence electrons. The summed E-state index contributed by atoms with van der Waals surface area (Å²) in [4.78, 5) is 2.58. The van der Waals surface area contributed by atoms with Gasteiger partial charge in [0.2, 0.25) is 0 Å². The first-order valence-corrected chi connectivity index (χ1v) is 8.24. The summed E-state index contributed by atoms with van der Waals surface area (Å²) in [6, 6.07) is 0.403. The number of nitrogens with one attached hydrogen (secondary N) is 1. The monoisotopic (exact) mass is 269 g/mol. The Kier molecular flexibility index (Phi) is 6.78. The molecule has 4 unspecified atom stereocenters. The summed E-state index contributed by atoms with van der Waals surface area (Å²) >= 11 is 0. The number of likely N-dealkylation sites (N-methyl/N-ethyl adjacent to an activating group) is 1. The predicted molar refractivity (Wildman–Crippen MR) is 83.9 cm³/mol. The van der Waals surface area contributed by atoms with Crippen molar-refractivity contribution in [3.63, 3.8) is 0 Å². The molecule has 0 saturated heterocycles.